The first kappa shape index (κ1) is 74.4. The van der Waals surface area contributed by atoms with E-state index in [0.717, 1.165) is 6.92 Å². The molecule has 2 aromatic rings. The van der Waals surface area contributed by atoms with Crippen LogP contribution in [0.4, 0.5) is 0 Å². The third kappa shape index (κ3) is 26.7. The first-order chi connectivity index (χ1) is 41.2. The summed E-state index contributed by atoms with van der Waals surface area (Å²) in [5.74, 6) is -15.9. The van der Waals surface area contributed by atoms with Crippen molar-refractivity contribution >= 4 is 99.7 Å². The minimum atomic E-state index is -2.12. The fourth-order valence-corrected chi connectivity index (χ4v) is 8.45. The SMILES string of the molecule is CC(C)C[C@H](NC(=O)[C@H](CCC[NH+]=C(N)N)NC(=O)[C@@H](NC(=O)[C@H](CC(=O)O)NC(=O)[C@H](CCC(N)=O)NC(=O)[C@H](Cc1c[nH]c2ccccc12)NC(=O)[C@H](CCC[NH+]=C(N)N)NC(=O)[C@H](CO)NC(=O)[C@H](CC(N)=O)NC(=O)[C@H](C)[NH3+])[C@@H](C)O)C(=O)O. The lowest BCUT2D eigenvalue weighted by atomic mass is 10.0. The molecule has 0 saturated carbocycles. The van der Waals surface area contributed by atoms with Crippen LogP contribution in [0.15, 0.2) is 30.5 Å². The van der Waals surface area contributed by atoms with E-state index < -0.39 is 176 Å². The van der Waals surface area contributed by atoms with Gasteiger partial charge in [-0.25, -0.2) is 4.79 Å². The third-order valence-electron chi connectivity index (χ3n) is 13.0. The van der Waals surface area contributed by atoms with Crippen molar-refractivity contribution in [3.05, 3.63) is 36.0 Å². The van der Waals surface area contributed by atoms with Crippen LogP contribution in [0.2, 0.25) is 0 Å². The van der Waals surface area contributed by atoms with Crippen molar-refractivity contribution in [2.75, 3.05) is 19.7 Å². The molecule has 0 bridgehead atoms. The van der Waals surface area contributed by atoms with E-state index in [1.807, 2.05) is 0 Å². The van der Waals surface area contributed by atoms with Crippen LogP contribution in [-0.2, 0) is 68.7 Å². The van der Waals surface area contributed by atoms with Crippen molar-refractivity contribution in [3.63, 3.8) is 0 Å². The number of aromatic amines is 1. The Hall–Kier alpha value is -9.71. The van der Waals surface area contributed by atoms with E-state index in [-0.39, 0.29) is 69.5 Å². The monoisotopic (exact) mass is 1250 g/mol. The number of benzene rings is 1. The number of guanidine groups is 2. The minimum absolute atomic E-state index is 0.00286. The van der Waals surface area contributed by atoms with Gasteiger partial charge in [-0.3, -0.25) is 90.5 Å². The number of fused-ring (bicyclic) bond motifs is 1. The van der Waals surface area contributed by atoms with Crippen molar-refractivity contribution in [2.24, 2.45) is 40.3 Å². The average molecular weight is 1250 g/mol. The van der Waals surface area contributed by atoms with Crippen molar-refractivity contribution in [1.29, 1.82) is 0 Å². The summed E-state index contributed by atoms with van der Waals surface area (Å²) < 4.78 is 0. The van der Waals surface area contributed by atoms with Gasteiger partial charge >= 0.3 is 23.9 Å². The molecule has 36 nitrogen and oxygen atoms in total. The van der Waals surface area contributed by atoms with E-state index in [1.165, 1.54) is 13.1 Å². The summed E-state index contributed by atoms with van der Waals surface area (Å²) in [5, 5.41) is 62.2. The van der Waals surface area contributed by atoms with Gasteiger partial charge in [0.05, 0.1) is 38.6 Å². The molecule has 0 spiro atoms. The molecule has 0 unspecified atom stereocenters. The predicted octanol–water partition coefficient (Wildman–Crippen LogP) is -12.9. The number of nitrogens with two attached hydrogens (primary N) is 6. The molecule has 31 N–H and O–H groups in total. The Morgan fingerprint density at radius 3 is 1.44 bits per heavy atom. The molecule has 0 radical (unpaired) electrons. The number of quaternary nitrogens is 1. The number of para-hydroxylation sites is 1. The van der Waals surface area contributed by atoms with Crippen LogP contribution in [0.25, 0.3) is 10.9 Å². The number of hydrogen-bond acceptors (Lipinski definition) is 15. The Bertz CT molecular complexity index is 2850. The zero-order chi connectivity index (χ0) is 66.5. The molecule has 2 rings (SSSR count). The first-order valence-corrected chi connectivity index (χ1v) is 27.9. The lowest BCUT2D eigenvalue weighted by Crippen LogP contribution is -2.78. The van der Waals surface area contributed by atoms with Crippen LogP contribution >= 0.6 is 0 Å². The normalized spacial score (nSPS) is 14.8. The maximum atomic E-state index is 14.7. The van der Waals surface area contributed by atoms with Gasteiger partial charge in [0.2, 0.25) is 59.1 Å². The number of H-pyrrole nitrogens is 1. The maximum Gasteiger partial charge on any atom is 0.338 e. The smallest absolute Gasteiger partial charge is 0.338 e. The summed E-state index contributed by atoms with van der Waals surface area (Å²) in [6.45, 7) is 4.86. The molecule has 1 heterocycles. The van der Waals surface area contributed by atoms with E-state index in [0.29, 0.717) is 16.5 Å². The molecular weight excluding hydrogens is 1160 g/mol. The van der Waals surface area contributed by atoms with Crippen molar-refractivity contribution in [1.82, 2.24) is 52.8 Å². The van der Waals surface area contributed by atoms with Crippen LogP contribution in [0.3, 0.4) is 0 Å². The Morgan fingerprint density at radius 2 is 0.966 bits per heavy atom. The van der Waals surface area contributed by atoms with Crippen LogP contribution in [0.5, 0.6) is 0 Å². The molecule has 1 aromatic carbocycles. The molecule has 88 heavy (non-hydrogen) atoms. The summed E-state index contributed by atoms with van der Waals surface area (Å²) in [7, 11) is 0. The largest absolute Gasteiger partial charge is 0.481 e. The molecule has 0 aliphatic carbocycles. The zero-order valence-corrected chi connectivity index (χ0v) is 49.3. The number of aliphatic hydroxyl groups excluding tert-OH is 2. The number of primary amides is 2. The Kier molecular flexibility index (Phi) is 31.3. The van der Waals surface area contributed by atoms with Gasteiger partial charge in [0, 0.05) is 29.9 Å². The van der Waals surface area contributed by atoms with Gasteiger partial charge in [0.15, 0.2) is 6.04 Å². The summed E-state index contributed by atoms with van der Waals surface area (Å²) in [5.41, 5.74) is 37.3. The van der Waals surface area contributed by atoms with E-state index in [9.17, 15) is 82.8 Å². The number of aromatic nitrogens is 1. The van der Waals surface area contributed by atoms with Gasteiger partial charge in [0.25, 0.3) is 5.91 Å². The molecule has 0 aliphatic rings. The highest BCUT2D eigenvalue weighted by atomic mass is 16.4. The second-order valence-corrected chi connectivity index (χ2v) is 21.2. The highest BCUT2D eigenvalue weighted by molar-refractivity contribution is 6.00. The summed E-state index contributed by atoms with van der Waals surface area (Å²) >= 11 is 0. The maximum absolute atomic E-state index is 14.7. The predicted molar refractivity (Wildman–Crippen MR) is 309 cm³/mol. The van der Waals surface area contributed by atoms with Crippen molar-refractivity contribution in [2.45, 2.75) is 158 Å². The fraction of sp³-hybridized carbons (Fsp3) is 0.558. The quantitative estimate of drug-likeness (QED) is 0.0167. The van der Waals surface area contributed by atoms with Gasteiger partial charge in [-0.05, 0) is 69.9 Å². The molecule has 1 aromatic heterocycles. The van der Waals surface area contributed by atoms with Gasteiger partial charge < -0.3 is 90.5 Å². The van der Waals surface area contributed by atoms with Crippen molar-refractivity contribution in [3.8, 4) is 0 Å². The summed E-state index contributed by atoms with van der Waals surface area (Å²) in [6, 6.07) is -9.81. The minimum Gasteiger partial charge on any atom is -0.481 e. The molecule has 0 fully saturated rings. The average Bonchev–Trinajstić information content (AvgIpc) is 1.93. The van der Waals surface area contributed by atoms with Crippen LogP contribution in [-0.4, -0.2) is 200 Å². The third-order valence-corrected chi connectivity index (χ3v) is 13.0. The van der Waals surface area contributed by atoms with E-state index in [4.69, 9.17) is 34.4 Å². The number of hydrogen-bond donors (Lipinski definition) is 23. The Morgan fingerprint density at radius 1 is 0.534 bits per heavy atom. The lowest BCUT2D eigenvalue weighted by molar-refractivity contribution is -0.460. The van der Waals surface area contributed by atoms with Gasteiger partial charge in [-0.2, -0.15) is 0 Å². The van der Waals surface area contributed by atoms with Crippen LogP contribution in [0.1, 0.15) is 91.0 Å². The standard InChI is InChI=1S/C52H83N19O17/c1-23(2)17-35(50(87)88)69-43(80)30(12-8-16-61-52(58)59)65-49(86)40(25(4)73)71-47(84)34(20-39(76)77)68-44(81)31(13-14-37(54)74)64-45(82)32(18-26-21-62-28-10-6-5-9-27(26)28)67-42(79)29(11-7-15-60-51(56)57)63-48(85)36(22-72)70-46(83)33(19-38(55)75)66-41(78)24(3)53/h5-6,9-10,21,23-25,29-36,40,62,72-73H,7-8,11-20,22,53H2,1-4H3,(H2,54,74)(H2,55,75)(H,63,85)(H,64,82)(H,65,86)(H,66,78)(H,67,79)(H,68,81)(H,69,80)(H,70,83)(H,71,84)(H,76,77)(H,87,88)(H4,56,57,60)(H4,58,59,61)/p+3/t24-,25+,29-,30-,31-,32-,33-,34-,35-,36-,40-/m0/s1. The molecule has 0 aliphatic heterocycles. The highest BCUT2D eigenvalue weighted by Crippen LogP contribution is 2.20. The summed E-state index contributed by atoms with van der Waals surface area (Å²) in [4.78, 5) is 181. The number of rotatable bonds is 40. The second-order valence-electron chi connectivity index (χ2n) is 21.2. The molecular formula is C52H86N19O17+3. The molecule has 36 heteroatoms. The molecule has 11 atom stereocenters. The molecule has 488 valence electrons. The van der Waals surface area contributed by atoms with E-state index in [1.54, 1.807) is 38.1 Å². The number of carboxylic acids is 2. The van der Waals surface area contributed by atoms with E-state index >= 15 is 0 Å². The number of amides is 11. The van der Waals surface area contributed by atoms with Gasteiger partial charge in [-0.15, -0.1) is 0 Å². The second kappa shape index (κ2) is 37.0. The summed E-state index contributed by atoms with van der Waals surface area (Å²) in [6.07, 6.45) is -4.13. The zero-order valence-electron chi connectivity index (χ0n) is 49.3. The van der Waals surface area contributed by atoms with Gasteiger partial charge in [-0.1, -0.05) is 32.0 Å². The first-order valence-electron chi connectivity index (χ1n) is 27.9. The van der Waals surface area contributed by atoms with Crippen LogP contribution in [0, 0.1) is 5.92 Å². The number of aliphatic hydroxyl groups is 2. The number of aliphatic carboxylic acids is 2. The number of carbonyl (C=O) groups is 13. The van der Waals surface area contributed by atoms with Crippen LogP contribution < -0.4 is 98.0 Å². The Balaban J connectivity index is 2.61. The topological polar surface area (TPSA) is 639 Å². The number of nitrogens with one attached hydrogen (secondary N) is 12. The van der Waals surface area contributed by atoms with Crippen molar-refractivity contribution < 1.29 is 98.5 Å². The van der Waals surface area contributed by atoms with E-state index in [2.05, 4.69) is 68.6 Å². The number of carbonyl (C=O) groups excluding carboxylic acids is 11. The Labute approximate surface area is 504 Å². The number of carboxylic acid groups (broad SMARTS) is 2. The fourth-order valence-electron chi connectivity index (χ4n) is 8.45. The van der Waals surface area contributed by atoms with Gasteiger partial charge in [0.1, 0.15) is 54.4 Å². The molecule has 0 saturated heterocycles. The lowest BCUT2D eigenvalue weighted by Gasteiger charge is -2.28. The highest BCUT2D eigenvalue weighted by Gasteiger charge is 2.38. The molecule has 11 amide bonds.